The molecular weight excluding hydrogens is 1080 g/mol. The Bertz CT molecular complexity index is 2030. The van der Waals surface area contributed by atoms with Crippen LogP contribution >= 0.6 is 0 Å². The quantitative estimate of drug-likeness (QED) is 0.0195. The van der Waals surface area contributed by atoms with Gasteiger partial charge in [-0.1, -0.05) is 274 Å². The Balaban J connectivity index is 4.23. The molecule has 0 N–H and O–H groups in total. The molecule has 0 fully saturated rings. The molecule has 0 bridgehead atoms. The van der Waals surface area contributed by atoms with Crippen LogP contribution in [0.25, 0.3) is 0 Å². The van der Waals surface area contributed by atoms with Crippen LogP contribution in [-0.2, 0) is 33.3 Å². The highest BCUT2D eigenvalue weighted by Crippen LogP contribution is 2.16. The van der Waals surface area contributed by atoms with E-state index in [0.717, 1.165) is 135 Å². The average Bonchev–Trinajstić information content (AvgIpc) is 3.57. The maximum Gasteiger partial charge on any atom is 0.306 e. The van der Waals surface area contributed by atoms with E-state index in [1.165, 1.54) is 77.0 Å². The molecule has 0 spiro atoms. The van der Waals surface area contributed by atoms with Gasteiger partial charge in [-0.3, -0.25) is 9.59 Å². The fourth-order valence-electron chi connectivity index (χ4n) is 8.79. The first-order valence-corrected chi connectivity index (χ1v) is 34.3. The monoisotopic (exact) mass is 1200 g/mol. The highest BCUT2D eigenvalue weighted by atomic mass is 16.7. The summed E-state index contributed by atoms with van der Waals surface area (Å²) in [7, 11) is 5.91. The Kier molecular flexibility index (Phi) is 62.5. The van der Waals surface area contributed by atoms with Gasteiger partial charge in [-0.2, -0.15) is 0 Å². The number of ether oxygens (including phenoxy) is 4. The molecule has 0 aromatic carbocycles. The number of carbonyl (C=O) groups excluding carboxylic acids is 3. The topological polar surface area (TPSA) is 111 Å². The Morgan fingerprint density at radius 3 is 0.920 bits per heavy atom. The molecule has 0 radical (unpaired) electrons. The number of likely N-dealkylation sites (N-methyl/N-ethyl adjacent to an activating group) is 1. The molecule has 2 atom stereocenters. The first-order valence-electron chi connectivity index (χ1n) is 34.3. The van der Waals surface area contributed by atoms with E-state index in [4.69, 9.17) is 18.9 Å². The molecule has 9 heteroatoms. The van der Waals surface area contributed by atoms with Gasteiger partial charge in [0, 0.05) is 12.8 Å². The molecular formula is C78H125NO8. The third-order valence-corrected chi connectivity index (χ3v) is 14.0. The number of quaternary nitrogens is 1. The minimum Gasteiger partial charge on any atom is -0.545 e. The van der Waals surface area contributed by atoms with Crippen molar-refractivity contribution in [2.75, 3.05) is 47.5 Å². The van der Waals surface area contributed by atoms with Crippen molar-refractivity contribution in [2.45, 2.75) is 257 Å². The van der Waals surface area contributed by atoms with Crippen LogP contribution in [0.5, 0.6) is 0 Å². The fraction of sp³-hybridized carbons (Fsp3) is 0.603. The van der Waals surface area contributed by atoms with E-state index < -0.39 is 24.3 Å². The lowest BCUT2D eigenvalue weighted by Crippen LogP contribution is -2.44. The number of allylic oxidation sites excluding steroid dienone is 28. The molecule has 2 unspecified atom stereocenters. The number of unbranched alkanes of at least 4 members (excludes halogenated alkanes) is 18. The molecule has 0 aromatic heterocycles. The van der Waals surface area contributed by atoms with Crippen molar-refractivity contribution < 1.29 is 42.9 Å². The largest absolute Gasteiger partial charge is 0.545 e. The molecule has 0 aliphatic heterocycles. The van der Waals surface area contributed by atoms with Crippen molar-refractivity contribution >= 4 is 17.9 Å². The van der Waals surface area contributed by atoms with Gasteiger partial charge in [0.15, 0.2) is 12.4 Å². The summed E-state index contributed by atoms with van der Waals surface area (Å²) in [6, 6.07) is 0. The van der Waals surface area contributed by atoms with Gasteiger partial charge in [0.25, 0.3) is 0 Å². The summed E-state index contributed by atoms with van der Waals surface area (Å²) < 4.78 is 22.7. The van der Waals surface area contributed by atoms with Crippen molar-refractivity contribution in [1.82, 2.24) is 0 Å². The van der Waals surface area contributed by atoms with Gasteiger partial charge in [-0.15, -0.1) is 0 Å². The Hall–Kier alpha value is -5.35. The maximum atomic E-state index is 12.9. The number of hydrogen-bond donors (Lipinski definition) is 0. The van der Waals surface area contributed by atoms with Crippen molar-refractivity contribution in [1.29, 1.82) is 0 Å². The smallest absolute Gasteiger partial charge is 0.306 e. The second kappa shape index (κ2) is 66.6. The second-order valence-electron chi connectivity index (χ2n) is 23.3. The molecule has 9 nitrogen and oxygen atoms in total. The molecule has 0 heterocycles. The van der Waals surface area contributed by atoms with Gasteiger partial charge in [0.2, 0.25) is 0 Å². The van der Waals surface area contributed by atoms with Crippen LogP contribution < -0.4 is 5.11 Å². The summed E-state index contributed by atoms with van der Waals surface area (Å²) in [4.78, 5) is 37.5. The number of rotatable bonds is 61. The van der Waals surface area contributed by atoms with E-state index in [1.54, 1.807) is 0 Å². The Morgan fingerprint density at radius 2 is 0.621 bits per heavy atom. The highest BCUT2D eigenvalue weighted by molar-refractivity contribution is 5.70. The first-order chi connectivity index (χ1) is 42.6. The SMILES string of the molecule is CC/C=C\C/C=C\C/C=C\C/C=C\C/C=C\C/C=C\C/C=C\C/C=C\CCCCCCC(=O)OC(COC(=O)CCCCCCCCCCCCCCCC/C=C\C/C=C\C/C=C\C/C=C\C/C=C\C/C=C\CC)COC(OCC[N+](C)(C)C)C(=O)[O-]. The van der Waals surface area contributed by atoms with Gasteiger partial charge < -0.3 is 33.3 Å². The lowest BCUT2D eigenvalue weighted by Gasteiger charge is -2.26. The predicted molar refractivity (Wildman–Crippen MR) is 370 cm³/mol. The Morgan fingerprint density at radius 1 is 0.345 bits per heavy atom. The van der Waals surface area contributed by atoms with E-state index in [1.807, 2.05) is 21.1 Å². The molecule has 0 aliphatic carbocycles. The van der Waals surface area contributed by atoms with Gasteiger partial charge in [-0.05, 0) is 128 Å². The third kappa shape index (κ3) is 68.0. The molecule has 0 rings (SSSR count). The summed E-state index contributed by atoms with van der Waals surface area (Å²) in [5.74, 6) is -2.33. The normalized spacial score (nSPS) is 13.8. The standard InChI is InChI=1S/C78H125NO8/c1-6-8-10-12-14-16-18-20-22-24-26-28-30-32-34-36-37-38-39-41-42-44-46-48-50-52-54-56-58-60-62-64-66-68-75(80)85-72-74(73-86-78(77(82)83)84-71-70-79(3,4)5)87-76(81)69-67-65-63-61-59-57-55-53-51-49-47-45-43-40-35-33-31-29-27-25-23-21-19-17-15-13-11-9-7-2/h8-11,14-17,20-23,26-29,32-35,37-38,43,45,49,51,55,57,74,78H,6-7,12-13,18-19,24-25,30-31,36,39-42,44,46-48,50,52-54,56,58-73H2,1-5H3/b10-8-,11-9-,16-14-,17-15-,22-20-,23-21-,28-26-,29-27-,34-32-,35-33-,38-37-,45-43-,51-49-,57-55-. The first kappa shape index (κ1) is 81.7. The van der Waals surface area contributed by atoms with Crippen molar-refractivity contribution in [2.24, 2.45) is 0 Å². The zero-order chi connectivity index (χ0) is 63.3. The minimum atomic E-state index is -1.64. The Labute approximate surface area is 533 Å². The second-order valence-corrected chi connectivity index (χ2v) is 23.3. The van der Waals surface area contributed by atoms with E-state index in [0.29, 0.717) is 17.4 Å². The van der Waals surface area contributed by atoms with Gasteiger partial charge in [0.1, 0.15) is 13.2 Å². The van der Waals surface area contributed by atoms with Crippen molar-refractivity contribution in [3.05, 3.63) is 170 Å². The molecule has 0 amide bonds. The number of aliphatic carboxylic acids is 1. The van der Waals surface area contributed by atoms with Gasteiger partial charge >= 0.3 is 11.9 Å². The minimum absolute atomic E-state index is 0.133. The fourth-order valence-corrected chi connectivity index (χ4v) is 8.79. The summed E-state index contributed by atoms with van der Waals surface area (Å²) >= 11 is 0. The van der Waals surface area contributed by atoms with Crippen LogP contribution in [-0.4, -0.2) is 82.3 Å². The van der Waals surface area contributed by atoms with Gasteiger partial charge in [-0.25, -0.2) is 0 Å². The zero-order valence-electron chi connectivity index (χ0n) is 55.8. The van der Waals surface area contributed by atoms with Crippen LogP contribution in [0.4, 0.5) is 0 Å². The van der Waals surface area contributed by atoms with Crippen LogP contribution in [0.2, 0.25) is 0 Å². The number of carboxylic acid groups (broad SMARTS) is 1. The molecule has 490 valence electrons. The van der Waals surface area contributed by atoms with E-state index in [2.05, 4.69) is 184 Å². The van der Waals surface area contributed by atoms with Crippen molar-refractivity contribution in [3.8, 4) is 0 Å². The zero-order valence-corrected chi connectivity index (χ0v) is 55.8. The molecule has 0 aliphatic rings. The van der Waals surface area contributed by atoms with Crippen molar-refractivity contribution in [3.63, 3.8) is 0 Å². The van der Waals surface area contributed by atoms with Gasteiger partial charge in [0.05, 0.1) is 40.3 Å². The summed E-state index contributed by atoms with van der Waals surface area (Å²) in [6.45, 7) is 4.47. The number of hydrogen-bond acceptors (Lipinski definition) is 8. The average molecular weight is 1200 g/mol. The predicted octanol–water partition coefficient (Wildman–Crippen LogP) is 20.1. The molecule has 0 aromatic rings. The van der Waals surface area contributed by atoms with Crippen LogP contribution in [0.1, 0.15) is 245 Å². The van der Waals surface area contributed by atoms with E-state index in [9.17, 15) is 19.5 Å². The van der Waals surface area contributed by atoms with E-state index >= 15 is 0 Å². The van der Waals surface area contributed by atoms with E-state index in [-0.39, 0.29) is 38.6 Å². The number of carbonyl (C=O) groups is 3. The van der Waals surface area contributed by atoms with Crippen LogP contribution in [0.3, 0.4) is 0 Å². The van der Waals surface area contributed by atoms with Crippen LogP contribution in [0.15, 0.2) is 170 Å². The number of carboxylic acids is 1. The molecule has 0 saturated carbocycles. The molecule has 0 saturated heterocycles. The summed E-state index contributed by atoms with van der Waals surface area (Å²) in [5.41, 5.74) is 0. The lowest BCUT2D eigenvalue weighted by atomic mass is 10.0. The summed E-state index contributed by atoms with van der Waals surface area (Å²) in [5, 5.41) is 11.8. The number of esters is 2. The molecule has 87 heavy (non-hydrogen) atoms. The summed E-state index contributed by atoms with van der Waals surface area (Å²) in [6.07, 6.45) is 97.1. The number of nitrogens with zero attached hydrogens (tertiary/aromatic N) is 1. The van der Waals surface area contributed by atoms with Crippen LogP contribution in [0, 0.1) is 0 Å². The maximum absolute atomic E-state index is 12.9. The highest BCUT2D eigenvalue weighted by Gasteiger charge is 2.22. The third-order valence-electron chi connectivity index (χ3n) is 14.0. The lowest BCUT2D eigenvalue weighted by molar-refractivity contribution is -0.870.